The molecule has 128 valence electrons. The number of nitrogens with zero attached hydrogens (tertiary/aromatic N) is 1. The molecule has 0 aliphatic carbocycles. The van der Waals surface area contributed by atoms with Crippen LogP contribution in [0.25, 0.3) is 10.8 Å². The maximum absolute atomic E-state index is 12.4. The molecule has 1 aromatic heterocycles. The Morgan fingerprint density at radius 2 is 2.00 bits per heavy atom. The summed E-state index contributed by atoms with van der Waals surface area (Å²) >= 11 is 6.30. The van der Waals surface area contributed by atoms with Gasteiger partial charge in [0.05, 0.1) is 5.39 Å². The summed E-state index contributed by atoms with van der Waals surface area (Å²) in [5.74, 6) is 0.691. The number of rotatable bonds is 3. The molecule has 1 saturated heterocycles. The van der Waals surface area contributed by atoms with Gasteiger partial charge in [-0.15, -0.1) is 0 Å². The molecule has 0 saturated carbocycles. The molecule has 4 rings (SSSR count). The Balaban J connectivity index is 1.78. The van der Waals surface area contributed by atoms with Gasteiger partial charge in [0.25, 0.3) is 5.56 Å². The van der Waals surface area contributed by atoms with Gasteiger partial charge in [0.2, 0.25) is 0 Å². The monoisotopic (exact) mass is 354 g/mol. The van der Waals surface area contributed by atoms with Crippen LogP contribution in [0.3, 0.4) is 0 Å². The fourth-order valence-corrected chi connectivity index (χ4v) is 3.55. The molecule has 2 aromatic carbocycles. The van der Waals surface area contributed by atoms with Gasteiger partial charge >= 0.3 is 0 Å². The zero-order valence-corrected chi connectivity index (χ0v) is 14.9. The molecule has 0 unspecified atom stereocenters. The first-order valence-electron chi connectivity index (χ1n) is 8.25. The van der Waals surface area contributed by atoms with Gasteiger partial charge in [-0.25, -0.2) is 0 Å². The molecule has 2 heterocycles. The van der Waals surface area contributed by atoms with Crippen LogP contribution < -0.4 is 15.6 Å². The summed E-state index contributed by atoms with van der Waals surface area (Å²) in [6.07, 6.45) is 1.78. The van der Waals surface area contributed by atoms with E-state index in [1.165, 1.54) is 0 Å². The predicted octanol–water partition coefficient (Wildman–Crippen LogP) is 3.38. The number of benzene rings is 2. The molecular formula is C20H19ClN2O2. The minimum atomic E-state index is -0.456. The number of ether oxygens (including phenoxy) is 1. The Hall–Kier alpha value is -2.30. The molecule has 0 radical (unpaired) electrons. The normalized spacial score (nSPS) is 15.8. The third-order valence-electron chi connectivity index (χ3n) is 4.95. The van der Waals surface area contributed by atoms with E-state index in [2.05, 4.69) is 11.4 Å². The number of hydrogen-bond acceptors (Lipinski definition) is 3. The maximum Gasteiger partial charge on any atom is 0.258 e. The molecule has 1 aliphatic heterocycles. The van der Waals surface area contributed by atoms with E-state index < -0.39 is 5.60 Å². The summed E-state index contributed by atoms with van der Waals surface area (Å²) in [7, 11) is 1.75. The number of pyridine rings is 1. The summed E-state index contributed by atoms with van der Waals surface area (Å²) < 4.78 is 7.97. The Labute approximate surface area is 151 Å². The number of fused-ring (bicyclic) bond motifs is 1. The first-order chi connectivity index (χ1) is 12.0. The van der Waals surface area contributed by atoms with Crippen LogP contribution in [0.5, 0.6) is 5.75 Å². The molecular weight excluding hydrogens is 336 g/mol. The highest BCUT2D eigenvalue weighted by molar-refractivity contribution is 6.31. The predicted molar refractivity (Wildman–Crippen MR) is 101 cm³/mol. The van der Waals surface area contributed by atoms with Crippen LogP contribution in [0.15, 0.2) is 53.5 Å². The summed E-state index contributed by atoms with van der Waals surface area (Å²) in [6, 6.07) is 13.5. The second-order valence-electron chi connectivity index (χ2n) is 6.59. The molecule has 0 bridgehead atoms. The Morgan fingerprint density at radius 3 is 2.72 bits per heavy atom. The second-order valence-corrected chi connectivity index (χ2v) is 7.00. The van der Waals surface area contributed by atoms with Crippen LogP contribution in [0.4, 0.5) is 0 Å². The smallest absolute Gasteiger partial charge is 0.258 e. The van der Waals surface area contributed by atoms with E-state index >= 15 is 0 Å². The number of aromatic nitrogens is 1. The highest BCUT2D eigenvalue weighted by atomic mass is 35.5. The zero-order valence-electron chi connectivity index (χ0n) is 14.2. The van der Waals surface area contributed by atoms with E-state index in [4.69, 9.17) is 16.3 Å². The fourth-order valence-electron chi connectivity index (χ4n) is 3.38. The van der Waals surface area contributed by atoms with Crippen molar-refractivity contribution in [2.75, 3.05) is 13.1 Å². The van der Waals surface area contributed by atoms with Crippen molar-refractivity contribution in [1.82, 2.24) is 9.88 Å². The highest BCUT2D eigenvalue weighted by Crippen LogP contribution is 2.36. The summed E-state index contributed by atoms with van der Waals surface area (Å²) in [4.78, 5) is 12.4. The zero-order chi connectivity index (χ0) is 17.6. The molecule has 25 heavy (non-hydrogen) atoms. The van der Waals surface area contributed by atoms with Gasteiger partial charge in [-0.1, -0.05) is 29.8 Å². The Bertz CT molecular complexity index is 1020. The van der Waals surface area contributed by atoms with E-state index in [0.717, 1.165) is 21.5 Å². The highest BCUT2D eigenvalue weighted by Gasteiger charge is 2.42. The van der Waals surface area contributed by atoms with Crippen LogP contribution in [0, 0.1) is 6.92 Å². The van der Waals surface area contributed by atoms with Gasteiger partial charge in [0.15, 0.2) is 5.60 Å². The van der Waals surface area contributed by atoms with Gasteiger partial charge in [-0.3, -0.25) is 4.79 Å². The number of halogens is 1. The quantitative estimate of drug-likeness (QED) is 0.784. The van der Waals surface area contributed by atoms with E-state index in [1.807, 2.05) is 43.3 Å². The van der Waals surface area contributed by atoms with Crippen molar-refractivity contribution >= 4 is 22.4 Å². The van der Waals surface area contributed by atoms with Crippen molar-refractivity contribution in [2.45, 2.75) is 12.5 Å². The van der Waals surface area contributed by atoms with Gasteiger partial charge < -0.3 is 14.6 Å². The van der Waals surface area contributed by atoms with Crippen molar-refractivity contribution in [3.05, 3.63) is 75.2 Å². The van der Waals surface area contributed by atoms with Crippen molar-refractivity contribution in [2.24, 2.45) is 7.05 Å². The lowest BCUT2D eigenvalue weighted by Gasteiger charge is -2.44. The maximum atomic E-state index is 12.4. The van der Waals surface area contributed by atoms with Crippen molar-refractivity contribution in [3.8, 4) is 5.75 Å². The van der Waals surface area contributed by atoms with E-state index in [1.54, 1.807) is 17.8 Å². The second kappa shape index (κ2) is 5.90. The summed E-state index contributed by atoms with van der Waals surface area (Å²) in [6.45, 7) is 3.43. The third-order valence-corrected chi connectivity index (χ3v) is 5.36. The van der Waals surface area contributed by atoms with Gasteiger partial charge in [0, 0.05) is 36.9 Å². The van der Waals surface area contributed by atoms with E-state index in [0.29, 0.717) is 24.2 Å². The molecule has 0 amide bonds. The van der Waals surface area contributed by atoms with Crippen molar-refractivity contribution < 1.29 is 4.74 Å². The van der Waals surface area contributed by atoms with Crippen LogP contribution in [-0.2, 0) is 12.6 Å². The molecule has 5 heteroatoms. The van der Waals surface area contributed by atoms with Crippen molar-refractivity contribution in [3.63, 3.8) is 0 Å². The minimum Gasteiger partial charge on any atom is -0.480 e. The molecule has 1 N–H and O–H groups in total. The van der Waals surface area contributed by atoms with E-state index in [9.17, 15) is 4.79 Å². The van der Waals surface area contributed by atoms with Crippen LogP contribution in [0.1, 0.15) is 11.1 Å². The largest absolute Gasteiger partial charge is 0.480 e. The molecule has 1 aliphatic rings. The minimum absolute atomic E-state index is 0.0253. The fraction of sp³-hybridized carbons (Fsp3) is 0.250. The summed E-state index contributed by atoms with van der Waals surface area (Å²) in [5.41, 5.74) is 1.63. The van der Waals surface area contributed by atoms with Crippen molar-refractivity contribution in [1.29, 1.82) is 0 Å². The SMILES string of the molecule is Cc1c(Cl)cccc1C1(Oc2ccc3ccn(C)c(=O)c3c2)CNC1. The van der Waals surface area contributed by atoms with Crippen LogP contribution in [-0.4, -0.2) is 17.7 Å². The van der Waals surface area contributed by atoms with Crippen LogP contribution >= 0.6 is 11.6 Å². The summed E-state index contributed by atoms with van der Waals surface area (Å²) in [5, 5.41) is 5.60. The van der Waals surface area contributed by atoms with Gasteiger partial charge in [-0.2, -0.15) is 0 Å². The standard InChI is InChI=1S/C20H19ClN2O2/c1-13-17(4-3-5-18(13)21)20(11-22-12-20)25-15-7-6-14-8-9-23(2)19(24)16(14)10-15/h3-10,22H,11-12H2,1-2H3. The lowest BCUT2D eigenvalue weighted by Crippen LogP contribution is -2.60. The van der Waals surface area contributed by atoms with E-state index in [-0.39, 0.29) is 5.56 Å². The van der Waals surface area contributed by atoms with Gasteiger partial charge in [-0.05, 0) is 42.1 Å². The molecule has 4 nitrogen and oxygen atoms in total. The Kier molecular flexibility index (Phi) is 3.82. The first-order valence-corrected chi connectivity index (χ1v) is 8.63. The molecule has 1 fully saturated rings. The molecule has 0 atom stereocenters. The third kappa shape index (κ3) is 2.62. The molecule has 0 spiro atoms. The Morgan fingerprint density at radius 1 is 1.20 bits per heavy atom. The number of aryl methyl sites for hydroxylation is 1. The average Bonchev–Trinajstić information content (AvgIpc) is 2.58. The number of hydrogen-bond donors (Lipinski definition) is 1. The topological polar surface area (TPSA) is 43.3 Å². The first kappa shape index (κ1) is 16.2. The number of nitrogens with one attached hydrogen (secondary N) is 1. The molecule has 3 aromatic rings. The average molecular weight is 355 g/mol. The lowest BCUT2D eigenvalue weighted by atomic mass is 9.85. The van der Waals surface area contributed by atoms with Gasteiger partial charge in [0.1, 0.15) is 5.75 Å². The lowest BCUT2D eigenvalue weighted by molar-refractivity contribution is 0.0117. The van der Waals surface area contributed by atoms with Crippen LogP contribution in [0.2, 0.25) is 5.02 Å².